The maximum absolute atomic E-state index is 13.5. The van der Waals surface area contributed by atoms with Crippen LogP contribution in [0.3, 0.4) is 0 Å². The molecule has 3 atom stereocenters. The Bertz CT molecular complexity index is 1380. The number of likely N-dealkylation sites (tertiary alicyclic amines) is 1. The molecule has 278 valence electrons. The molecule has 0 radical (unpaired) electrons. The van der Waals surface area contributed by atoms with Gasteiger partial charge in [-0.15, -0.1) is 0 Å². The van der Waals surface area contributed by atoms with Crippen molar-refractivity contribution in [3.63, 3.8) is 0 Å². The molecular formula is C36H55N5O9. The third kappa shape index (κ3) is 13.5. The Morgan fingerprint density at radius 2 is 1.64 bits per heavy atom. The van der Waals surface area contributed by atoms with Gasteiger partial charge < -0.3 is 31.2 Å². The number of imide groups is 1. The van der Waals surface area contributed by atoms with Crippen LogP contribution in [0.5, 0.6) is 0 Å². The SMILES string of the molecule is CC(C)[C@@H](NC(=O)COCCN1C(=O)CC(C(C)(C)C)C1=O)C(=O)C[C@H](CCCNC(N)=O)C(=O)Nc1ccc(COC(=O)C(C)(C)C)cc1. The first-order valence-corrected chi connectivity index (χ1v) is 17.0. The molecule has 1 aromatic carbocycles. The van der Waals surface area contributed by atoms with Crippen LogP contribution in [0.25, 0.3) is 0 Å². The van der Waals surface area contributed by atoms with Crippen LogP contribution in [0, 0.1) is 28.6 Å². The number of nitrogens with zero attached hydrogens (tertiary/aromatic N) is 1. The largest absolute Gasteiger partial charge is 0.460 e. The van der Waals surface area contributed by atoms with E-state index in [4.69, 9.17) is 15.2 Å². The number of esters is 1. The number of hydrogen-bond acceptors (Lipinski definition) is 9. The third-order valence-electron chi connectivity index (χ3n) is 8.36. The second-order valence-electron chi connectivity index (χ2n) is 15.2. The molecule has 1 saturated heterocycles. The summed E-state index contributed by atoms with van der Waals surface area (Å²) < 4.78 is 10.8. The minimum atomic E-state index is -0.908. The summed E-state index contributed by atoms with van der Waals surface area (Å²) in [6.07, 6.45) is 0.591. The fourth-order valence-corrected chi connectivity index (χ4v) is 5.30. The van der Waals surface area contributed by atoms with Gasteiger partial charge in [-0.2, -0.15) is 0 Å². The number of benzene rings is 1. The third-order valence-corrected chi connectivity index (χ3v) is 8.36. The van der Waals surface area contributed by atoms with Crippen molar-refractivity contribution in [1.82, 2.24) is 15.5 Å². The molecule has 2 rings (SSSR count). The summed E-state index contributed by atoms with van der Waals surface area (Å²) >= 11 is 0. The molecule has 1 heterocycles. The smallest absolute Gasteiger partial charge is 0.312 e. The van der Waals surface area contributed by atoms with Gasteiger partial charge in [-0.1, -0.05) is 46.8 Å². The standard InChI is InChI=1S/C36H55N5O9/c1-22(2)30(40-28(43)21-49-17-16-41-29(44)19-26(32(41)46)35(3,4)5)27(42)18-24(10-9-15-38-34(37)48)31(45)39-25-13-11-23(12-14-25)20-50-33(47)36(6,7)8/h11-14,22,24,26,30H,9-10,15-21H2,1-8H3,(H,39,45)(H,40,43)(H3,37,38,48)/t24-,26?,30+/m0/s1. The molecule has 1 aliphatic rings. The van der Waals surface area contributed by atoms with Gasteiger partial charge in [-0.25, -0.2) is 4.79 Å². The van der Waals surface area contributed by atoms with E-state index in [-0.39, 0.29) is 87.1 Å². The van der Waals surface area contributed by atoms with E-state index in [1.54, 1.807) is 58.9 Å². The van der Waals surface area contributed by atoms with Crippen LogP contribution in [-0.4, -0.2) is 78.7 Å². The van der Waals surface area contributed by atoms with Crippen molar-refractivity contribution >= 4 is 47.1 Å². The van der Waals surface area contributed by atoms with E-state index >= 15 is 0 Å². The van der Waals surface area contributed by atoms with Gasteiger partial charge in [-0.05, 0) is 62.6 Å². The number of ether oxygens (including phenoxy) is 2. The van der Waals surface area contributed by atoms with E-state index in [0.29, 0.717) is 12.1 Å². The van der Waals surface area contributed by atoms with Crippen LogP contribution in [0.15, 0.2) is 24.3 Å². The number of carbonyl (C=O) groups is 7. The first kappa shape index (κ1) is 41.8. The van der Waals surface area contributed by atoms with E-state index in [2.05, 4.69) is 16.0 Å². The maximum atomic E-state index is 13.5. The summed E-state index contributed by atoms with van der Waals surface area (Å²) in [6, 6.07) is 5.17. The Labute approximate surface area is 294 Å². The number of urea groups is 1. The van der Waals surface area contributed by atoms with Gasteiger partial charge in [0.15, 0.2) is 5.78 Å². The minimum absolute atomic E-state index is 0.0266. The van der Waals surface area contributed by atoms with Gasteiger partial charge in [0.1, 0.15) is 13.2 Å². The van der Waals surface area contributed by atoms with Crippen LogP contribution in [-0.2, 0) is 44.8 Å². The molecule has 6 amide bonds. The molecule has 1 fully saturated rings. The van der Waals surface area contributed by atoms with E-state index in [9.17, 15) is 33.6 Å². The van der Waals surface area contributed by atoms with Gasteiger partial charge >= 0.3 is 12.0 Å². The Morgan fingerprint density at radius 1 is 1.00 bits per heavy atom. The highest BCUT2D eigenvalue weighted by molar-refractivity contribution is 6.04. The van der Waals surface area contributed by atoms with Crippen molar-refractivity contribution in [1.29, 1.82) is 0 Å². The van der Waals surface area contributed by atoms with Gasteiger partial charge in [0.05, 0.1) is 30.5 Å². The fraction of sp³-hybridized carbons (Fsp3) is 0.639. The van der Waals surface area contributed by atoms with Gasteiger partial charge in [-0.3, -0.25) is 33.7 Å². The number of rotatable bonds is 18. The lowest BCUT2D eigenvalue weighted by molar-refractivity contribution is -0.154. The van der Waals surface area contributed by atoms with Gasteiger partial charge in [0.25, 0.3) is 0 Å². The predicted molar refractivity (Wildman–Crippen MR) is 186 cm³/mol. The molecular weight excluding hydrogens is 646 g/mol. The molecule has 1 aromatic rings. The van der Waals surface area contributed by atoms with Crippen LogP contribution < -0.4 is 21.7 Å². The first-order chi connectivity index (χ1) is 23.2. The second-order valence-corrected chi connectivity index (χ2v) is 15.2. The van der Waals surface area contributed by atoms with Crippen LogP contribution >= 0.6 is 0 Å². The highest BCUT2D eigenvalue weighted by Gasteiger charge is 2.44. The van der Waals surface area contributed by atoms with Crippen molar-refractivity contribution in [3.05, 3.63) is 29.8 Å². The Hall–Kier alpha value is -4.33. The average molecular weight is 702 g/mol. The number of carbonyl (C=O) groups excluding carboxylic acids is 7. The molecule has 14 nitrogen and oxygen atoms in total. The topological polar surface area (TPSA) is 203 Å². The van der Waals surface area contributed by atoms with Gasteiger partial charge in [0, 0.05) is 31.0 Å². The molecule has 0 spiro atoms. The van der Waals surface area contributed by atoms with Crippen LogP contribution in [0.2, 0.25) is 0 Å². The number of ketones is 1. The van der Waals surface area contributed by atoms with E-state index in [1.807, 2.05) is 20.8 Å². The summed E-state index contributed by atoms with van der Waals surface area (Å²) in [6.45, 7) is 14.5. The molecule has 0 aromatic heterocycles. The Balaban J connectivity index is 1.98. The van der Waals surface area contributed by atoms with Crippen molar-refractivity contribution in [2.24, 2.45) is 34.3 Å². The zero-order chi connectivity index (χ0) is 37.8. The van der Waals surface area contributed by atoms with E-state index < -0.39 is 41.1 Å². The summed E-state index contributed by atoms with van der Waals surface area (Å²) in [4.78, 5) is 89.1. The first-order valence-electron chi connectivity index (χ1n) is 17.0. The molecule has 50 heavy (non-hydrogen) atoms. The molecule has 0 saturated carbocycles. The lowest BCUT2D eigenvalue weighted by Gasteiger charge is -2.25. The highest BCUT2D eigenvalue weighted by atomic mass is 16.5. The van der Waals surface area contributed by atoms with Gasteiger partial charge in [0.2, 0.25) is 23.6 Å². The number of anilines is 1. The van der Waals surface area contributed by atoms with Crippen LogP contribution in [0.4, 0.5) is 10.5 Å². The molecule has 0 bridgehead atoms. The number of primary amides is 1. The number of nitrogens with two attached hydrogens (primary N) is 1. The molecule has 14 heteroatoms. The lowest BCUT2D eigenvalue weighted by Crippen LogP contribution is -2.47. The zero-order valence-electron chi connectivity index (χ0n) is 30.7. The summed E-state index contributed by atoms with van der Waals surface area (Å²) in [5, 5.41) is 8.00. The number of amides is 6. The molecule has 5 N–H and O–H groups in total. The zero-order valence-corrected chi connectivity index (χ0v) is 30.7. The van der Waals surface area contributed by atoms with Crippen molar-refractivity contribution in [2.75, 3.05) is 31.6 Å². The average Bonchev–Trinajstić information content (AvgIpc) is 3.31. The minimum Gasteiger partial charge on any atom is -0.460 e. The number of nitrogens with one attached hydrogen (secondary N) is 3. The fourth-order valence-electron chi connectivity index (χ4n) is 5.30. The molecule has 0 aliphatic carbocycles. The number of hydrogen-bond donors (Lipinski definition) is 4. The van der Waals surface area contributed by atoms with Crippen molar-refractivity contribution in [3.8, 4) is 0 Å². The maximum Gasteiger partial charge on any atom is 0.312 e. The molecule has 1 unspecified atom stereocenters. The Kier molecular flexibility index (Phi) is 15.6. The van der Waals surface area contributed by atoms with Crippen molar-refractivity contribution in [2.45, 2.75) is 93.7 Å². The second kappa shape index (κ2) is 18.6. The quantitative estimate of drug-likeness (QED) is 0.101. The Morgan fingerprint density at radius 3 is 2.18 bits per heavy atom. The van der Waals surface area contributed by atoms with Crippen LogP contribution in [0.1, 0.15) is 86.6 Å². The highest BCUT2D eigenvalue weighted by Crippen LogP contribution is 2.35. The van der Waals surface area contributed by atoms with Crippen molar-refractivity contribution < 1.29 is 43.0 Å². The lowest BCUT2D eigenvalue weighted by atomic mass is 9.80. The molecule has 1 aliphatic heterocycles. The summed E-state index contributed by atoms with van der Waals surface area (Å²) in [5.41, 5.74) is 5.39. The van der Waals surface area contributed by atoms with E-state index in [0.717, 1.165) is 10.5 Å². The summed E-state index contributed by atoms with van der Waals surface area (Å²) in [7, 11) is 0. The normalized spacial score (nSPS) is 16.2. The number of Topliss-reactive ketones (excluding diaryl/α,β-unsaturated/α-hetero) is 1. The predicted octanol–water partition coefficient (Wildman–Crippen LogP) is 3.32. The van der Waals surface area contributed by atoms with E-state index in [1.165, 1.54) is 0 Å². The summed E-state index contributed by atoms with van der Waals surface area (Å²) in [5.74, 6) is -3.67. The monoisotopic (exact) mass is 701 g/mol.